The summed E-state index contributed by atoms with van der Waals surface area (Å²) in [5, 5.41) is 3.92. The van der Waals surface area contributed by atoms with E-state index in [1.54, 1.807) is 44.4 Å². The number of methoxy groups -OCH3 is 1. The second-order valence-electron chi connectivity index (χ2n) is 5.06. The zero-order valence-electron chi connectivity index (χ0n) is 13.1. The van der Waals surface area contributed by atoms with Crippen LogP contribution in [0.15, 0.2) is 42.5 Å². The molecule has 0 aliphatic heterocycles. The number of halogens is 1. The van der Waals surface area contributed by atoms with Gasteiger partial charge >= 0.3 is 0 Å². The van der Waals surface area contributed by atoms with Gasteiger partial charge in [0.15, 0.2) is 11.2 Å². The van der Waals surface area contributed by atoms with Crippen LogP contribution < -0.4 is 14.8 Å². The second-order valence-corrected chi connectivity index (χ2v) is 6.52. The zero-order valence-corrected chi connectivity index (χ0v) is 14.6. The lowest BCUT2D eigenvalue weighted by Gasteiger charge is -2.13. The number of nitrogens with one attached hydrogen (secondary N) is 1. The van der Waals surface area contributed by atoms with E-state index in [2.05, 4.69) is 10.3 Å². The van der Waals surface area contributed by atoms with E-state index in [1.807, 2.05) is 12.1 Å². The SMILES string of the molecule is COc1ccc(O[C@H](C)C(=O)Nc2nc3ccc(Cl)cc3s2)cc1. The summed E-state index contributed by atoms with van der Waals surface area (Å²) in [4.78, 5) is 16.6. The molecule has 7 heteroatoms. The molecule has 1 aromatic heterocycles. The lowest BCUT2D eigenvalue weighted by Crippen LogP contribution is -2.30. The Morgan fingerprint density at radius 1 is 1.21 bits per heavy atom. The maximum atomic E-state index is 12.3. The van der Waals surface area contributed by atoms with Gasteiger partial charge < -0.3 is 9.47 Å². The van der Waals surface area contributed by atoms with Crippen molar-refractivity contribution in [2.24, 2.45) is 0 Å². The fraction of sp³-hybridized carbons (Fsp3) is 0.176. The van der Waals surface area contributed by atoms with Gasteiger partial charge in [-0.3, -0.25) is 10.1 Å². The molecule has 3 rings (SSSR count). The Hall–Kier alpha value is -2.31. The van der Waals surface area contributed by atoms with Crippen molar-refractivity contribution >= 4 is 44.2 Å². The Bertz CT molecular complexity index is 864. The van der Waals surface area contributed by atoms with Crippen LogP contribution in [0.2, 0.25) is 5.02 Å². The third-order valence-electron chi connectivity index (χ3n) is 3.32. The fourth-order valence-electron chi connectivity index (χ4n) is 2.07. The van der Waals surface area contributed by atoms with Crippen LogP contribution >= 0.6 is 22.9 Å². The molecule has 24 heavy (non-hydrogen) atoms. The molecule has 0 aliphatic carbocycles. The topological polar surface area (TPSA) is 60.5 Å². The Balaban J connectivity index is 1.65. The van der Waals surface area contributed by atoms with E-state index in [9.17, 15) is 4.79 Å². The molecule has 1 N–H and O–H groups in total. The number of benzene rings is 2. The number of fused-ring (bicyclic) bond motifs is 1. The van der Waals surface area contributed by atoms with Crippen LogP contribution in [0.25, 0.3) is 10.2 Å². The minimum atomic E-state index is -0.658. The molecule has 0 fully saturated rings. The summed E-state index contributed by atoms with van der Waals surface area (Å²) in [6, 6.07) is 12.5. The van der Waals surface area contributed by atoms with Crippen LogP contribution in [0.5, 0.6) is 11.5 Å². The molecule has 0 bridgehead atoms. The van der Waals surface area contributed by atoms with Crippen LogP contribution in [-0.4, -0.2) is 24.1 Å². The third kappa shape index (κ3) is 3.77. The number of hydrogen-bond acceptors (Lipinski definition) is 5. The third-order valence-corrected chi connectivity index (χ3v) is 4.49. The largest absolute Gasteiger partial charge is 0.497 e. The number of carbonyl (C=O) groups excluding carboxylic acids is 1. The quantitative estimate of drug-likeness (QED) is 0.732. The molecule has 124 valence electrons. The van der Waals surface area contributed by atoms with E-state index in [1.165, 1.54) is 11.3 Å². The van der Waals surface area contributed by atoms with Crippen molar-refractivity contribution in [2.75, 3.05) is 12.4 Å². The van der Waals surface area contributed by atoms with Crippen LogP contribution in [0.3, 0.4) is 0 Å². The first-order valence-corrected chi connectivity index (χ1v) is 8.42. The summed E-state index contributed by atoms with van der Waals surface area (Å²) < 4.78 is 11.6. The predicted molar refractivity (Wildman–Crippen MR) is 96.3 cm³/mol. The Kier molecular flexibility index (Phi) is 4.87. The number of thiazole rings is 1. The Morgan fingerprint density at radius 2 is 1.92 bits per heavy atom. The van der Waals surface area contributed by atoms with Crippen molar-refractivity contribution in [3.8, 4) is 11.5 Å². The van der Waals surface area contributed by atoms with Gasteiger partial charge in [-0.25, -0.2) is 4.98 Å². The molecule has 1 amide bonds. The first kappa shape index (κ1) is 16.5. The summed E-state index contributed by atoms with van der Waals surface area (Å²) in [5.41, 5.74) is 0.795. The second kappa shape index (κ2) is 7.07. The van der Waals surface area contributed by atoms with E-state index >= 15 is 0 Å². The van der Waals surface area contributed by atoms with Gasteiger partial charge in [0.2, 0.25) is 0 Å². The number of hydrogen-bond donors (Lipinski definition) is 1. The van der Waals surface area contributed by atoms with Gasteiger partial charge in [-0.05, 0) is 49.4 Å². The van der Waals surface area contributed by atoms with Gasteiger partial charge in [-0.15, -0.1) is 0 Å². The lowest BCUT2D eigenvalue weighted by molar-refractivity contribution is -0.122. The summed E-state index contributed by atoms with van der Waals surface area (Å²) in [6.07, 6.45) is -0.658. The number of aromatic nitrogens is 1. The highest BCUT2D eigenvalue weighted by Crippen LogP contribution is 2.28. The Morgan fingerprint density at radius 3 is 2.62 bits per heavy atom. The van der Waals surface area contributed by atoms with E-state index in [0.29, 0.717) is 15.9 Å². The van der Waals surface area contributed by atoms with E-state index in [-0.39, 0.29) is 5.91 Å². The van der Waals surface area contributed by atoms with Crippen LogP contribution in [0, 0.1) is 0 Å². The average Bonchev–Trinajstić information content (AvgIpc) is 2.96. The molecule has 0 saturated carbocycles. The molecule has 1 atom stereocenters. The molecule has 0 aliphatic rings. The van der Waals surface area contributed by atoms with Crippen molar-refractivity contribution in [2.45, 2.75) is 13.0 Å². The van der Waals surface area contributed by atoms with Gasteiger partial charge in [-0.2, -0.15) is 0 Å². The van der Waals surface area contributed by atoms with Crippen molar-refractivity contribution in [3.63, 3.8) is 0 Å². The smallest absolute Gasteiger partial charge is 0.266 e. The summed E-state index contributed by atoms with van der Waals surface area (Å²) in [6.45, 7) is 1.68. The summed E-state index contributed by atoms with van der Waals surface area (Å²) in [5.74, 6) is 1.05. The highest BCUT2D eigenvalue weighted by atomic mass is 35.5. The number of nitrogens with zero attached hydrogens (tertiary/aromatic N) is 1. The molecule has 1 heterocycles. The number of rotatable bonds is 5. The molecule has 2 aromatic carbocycles. The predicted octanol–water partition coefficient (Wildman–Crippen LogP) is 4.36. The molecule has 3 aromatic rings. The van der Waals surface area contributed by atoms with Crippen molar-refractivity contribution in [3.05, 3.63) is 47.5 Å². The summed E-state index contributed by atoms with van der Waals surface area (Å²) >= 11 is 7.33. The molecule has 5 nitrogen and oxygen atoms in total. The monoisotopic (exact) mass is 362 g/mol. The van der Waals surface area contributed by atoms with Crippen LogP contribution in [0.1, 0.15) is 6.92 Å². The van der Waals surface area contributed by atoms with Crippen molar-refractivity contribution in [1.29, 1.82) is 0 Å². The van der Waals surface area contributed by atoms with Gasteiger partial charge in [0, 0.05) is 5.02 Å². The van der Waals surface area contributed by atoms with Gasteiger partial charge in [0.25, 0.3) is 5.91 Å². The lowest BCUT2D eigenvalue weighted by atomic mass is 10.3. The number of anilines is 1. The zero-order chi connectivity index (χ0) is 17.1. The van der Waals surface area contributed by atoms with Crippen LogP contribution in [-0.2, 0) is 4.79 Å². The van der Waals surface area contributed by atoms with Gasteiger partial charge in [0.05, 0.1) is 17.3 Å². The van der Waals surface area contributed by atoms with E-state index < -0.39 is 6.10 Å². The number of carbonyl (C=O) groups is 1. The van der Waals surface area contributed by atoms with Crippen molar-refractivity contribution < 1.29 is 14.3 Å². The Labute approximate surface area is 148 Å². The minimum absolute atomic E-state index is 0.268. The highest BCUT2D eigenvalue weighted by Gasteiger charge is 2.17. The molecule has 0 radical (unpaired) electrons. The minimum Gasteiger partial charge on any atom is -0.497 e. The van der Waals surface area contributed by atoms with Gasteiger partial charge in [-0.1, -0.05) is 22.9 Å². The van der Waals surface area contributed by atoms with Crippen molar-refractivity contribution in [1.82, 2.24) is 4.98 Å². The first-order chi connectivity index (χ1) is 11.5. The summed E-state index contributed by atoms with van der Waals surface area (Å²) in [7, 11) is 1.59. The standard InChI is InChI=1S/C17H15ClN2O3S/c1-10(23-13-6-4-12(22-2)5-7-13)16(21)20-17-19-14-8-3-11(18)9-15(14)24-17/h3-10H,1-2H3,(H,19,20,21)/t10-/m1/s1. The maximum absolute atomic E-state index is 12.3. The number of amides is 1. The normalized spacial score (nSPS) is 12.0. The van der Waals surface area contributed by atoms with Gasteiger partial charge in [0.1, 0.15) is 11.5 Å². The average molecular weight is 363 g/mol. The van der Waals surface area contributed by atoms with E-state index in [0.717, 1.165) is 16.0 Å². The molecule has 0 saturated heterocycles. The molecular formula is C17H15ClN2O3S. The first-order valence-electron chi connectivity index (χ1n) is 7.23. The highest BCUT2D eigenvalue weighted by molar-refractivity contribution is 7.22. The van der Waals surface area contributed by atoms with E-state index in [4.69, 9.17) is 21.1 Å². The molecular weight excluding hydrogens is 348 g/mol. The maximum Gasteiger partial charge on any atom is 0.266 e. The van der Waals surface area contributed by atoms with Crippen LogP contribution in [0.4, 0.5) is 5.13 Å². The molecule has 0 spiro atoms. The molecule has 0 unspecified atom stereocenters. The fourth-order valence-corrected chi connectivity index (χ4v) is 3.22. The number of ether oxygens (including phenoxy) is 2.